The van der Waals surface area contributed by atoms with Gasteiger partial charge in [0.25, 0.3) is 0 Å². The van der Waals surface area contributed by atoms with Crippen LogP contribution in [0.2, 0.25) is 0 Å². The molecule has 0 spiro atoms. The third-order valence-electron chi connectivity index (χ3n) is 4.81. The van der Waals surface area contributed by atoms with E-state index in [1.165, 1.54) is 5.01 Å². The van der Waals surface area contributed by atoms with Gasteiger partial charge >= 0.3 is 0 Å². The van der Waals surface area contributed by atoms with Gasteiger partial charge in [0.1, 0.15) is 0 Å². The Morgan fingerprint density at radius 2 is 2.04 bits per heavy atom. The highest BCUT2D eigenvalue weighted by molar-refractivity contribution is 9.10. The Balaban J connectivity index is 1.47. The highest BCUT2D eigenvalue weighted by Gasteiger charge is 2.45. The predicted molar refractivity (Wildman–Crippen MR) is 102 cm³/mol. The molecule has 5 heteroatoms. The van der Waals surface area contributed by atoms with E-state index in [0.717, 1.165) is 60.8 Å². The summed E-state index contributed by atoms with van der Waals surface area (Å²) in [6.45, 7) is 2.78. The van der Waals surface area contributed by atoms with E-state index in [0.29, 0.717) is 0 Å². The largest absolute Gasteiger partial charge is 0.355 e. The van der Waals surface area contributed by atoms with Crippen LogP contribution >= 0.6 is 27.3 Å². The minimum absolute atomic E-state index is 0.196. The van der Waals surface area contributed by atoms with Gasteiger partial charge in [0.15, 0.2) is 0 Å². The number of unbranched alkanes of at least 4 members (excludes halogenated alkanes) is 1. The summed E-state index contributed by atoms with van der Waals surface area (Å²) in [5.41, 5.74) is 1.95. The lowest BCUT2D eigenvalue weighted by Crippen LogP contribution is -2.49. The van der Waals surface area contributed by atoms with E-state index in [1.54, 1.807) is 11.3 Å². The molecular weight excluding hydrogens is 384 g/mol. The van der Waals surface area contributed by atoms with E-state index in [1.807, 2.05) is 19.1 Å². The van der Waals surface area contributed by atoms with Crippen molar-refractivity contribution < 1.29 is 4.79 Å². The molecule has 3 rings (SSSR count). The molecule has 1 aromatic carbocycles. The highest BCUT2D eigenvalue weighted by atomic mass is 79.9. The zero-order valence-corrected chi connectivity index (χ0v) is 16.4. The monoisotopic (exact) mass is 406 g/mol. The Labute approximate surface area is 156 Å². The fourth-order valence-corrected chi connectivity index (χ4v) is 4.32. The maximum Gasteiger partial charge on any atom is 0.230 e. The number of aromatic nitrogens is 1. The van der Waals surface area contributed by atoms with Gasteiger partial charge in [0.05, 0.1) is 10.4 Å². The van der Waals surface area contributed by atoms with Crippen molar-refractivity contribution in [2.24, 2.45) is 0 Å². The number of benzene rings is 1. The van der Waals surface area contributed by atoms with Gasteiger partial charge in [-0.1, -0.05) is 34.5 Å². The average molecular weight is 407 g/mol. The topological polar surface area (TPSA) is 42.0 Å². The first-order valence-electron chi connectivity index (χ1n) is 8.55. The van der Waals surface area contributed by atoms with Crippen LogP contribution in [0.5, 0.6) is 0 Å². The van der Waals surface area contributed by atoms with Crippen LogP contribution in [0.4, 0.5) is 0 Å². The van der Waals surface area contributed by atoms with E-state index in [4.69, 9.17) is 0 Å². The molecule has 1 aromatic heterocycles. The number of amides is 1. The van der Waals surface area contributed by atoms with Crippen LogP contribution in [0.25, 0.3) is 0 Å². The summed E-state index contributed by atoms with van der Waals surface area (Å²) >= 11 is 5.19. The number of hydrogen-bond acceptors (Lipinski definition) is 3. The molecule has 1 amide bonds. The third kappa shape index (κ3) is 3.89. The number of rotatable bonds is 7. The van der Waals surface area contributed by atoms with Crippen LogP contribution < -0.4 is 5.32 Å². The maximum atomic E-state index is 12.7. The molecule has 0 radical (unpaired) electrons. The van der Waals surface area contributed by atoms with Gasteiger partial charge in [0, 0.05) is 22.1 Å². The number of halogens is 1. The van der Waals surface area contributed by atoms with Crippen LogP contribution in [-0.4, -0.2) is 17.4 Å². The van der Waals surface area contributed by atoms with Crippen LogP contribution in [0.15, 0.2) is 34.1 Å². The van der Waals surface area contributed by atoms with Crippen LogP contribution in [-0.2, 0) is 16.6 Å². The summed E-state index contributed by atoms with van der Waals surface area (Å²) in [4.78, 5) is 17.2. The molecular formula is C19H23BrN2OS. The minimum Gasteiger partial charge on any atom is -0.355 e. The number of hydrogen-bond donors (Lipinski definition) is 1. The molecule has 0 saturated heterocycles. The van der Waals surface area contributed by atoms with Crippen molar-refractivity contribution in [3.63, 3.8) is 0 Å². The Bertz CT molecular complexity index is 692. The second kappa shape index (κ2) is 7.79. The van der Waals surface area contributed by atoms with E-state index in [9.17, 15) is 4.79 Å². The number of thiazole rings is 1. The number of carbonyl (C=O) groups is 1. The Morgan fingerprint density at radius 1 is 1.29 bits per heavy atom. The van der Waals surface area contributed by atoms with Crippen molar-refractivity contribution in [2.75, 3.05) is 6.54 Å². The van der Waals surface area contributed by atoms with Gasteiger partial charge in [-0.15, -0.1) is 11.3 Å². The summed E-state index contributed by atoms with van der Waals surface area (Å²) < 4.78 is 1.05. The molecule has 3 nitrogen and oxygen atoms in total. The average Bonchev–Trinajstić information content (AvgIpc) is 2.93. The first-order valence-corrected chi connectivity index (χ1v) is 10.2. The second-order valence-electron chi connectivity index (χ2n) is 6.54. The Hall–Kier alpha value is -1.20. The van der Waals surface area contributed by atoms with Crippen LogP contribution in [0.3, 0.4) is 0 Å². The molecule has 24 heavy (non-hydrogen) atoms. The van der Waals surface area contributed by atoms with E-state index in [2.05, 4.69) is 43.7 Å². The fourth-order valence-electron chi connectivity index (χ4n) is 3.24. The number of carbonyl (C=O) groups excluding carboxylic acids is 1. The van der Waals surface area contributed by atoms with Crippen molar-refractivity contribution in [1.82, 2.24) is 10.3 Å². The second-order valence-corrected chi connectivity index (χ2v) is 8.40. The fraction of sp³-hybridized carbons (Fsp3) is 0.474. The summed E-state index contributed by atoms with van der Waals surface area (Å²) in [6, 6.07) is 8.21. The normalized spacial score (nSPS) is 15.8. The molecule has 1 aliphatic carbocycles. The first kappa shape index (κ1) is 17.6. The van der Waals surface area contributed by atoms with Crippen molar-refractivity contribution in [1.29, 1.82) is 0 Å². The number of nitrogens with zero attached hydrogens (tertiary/aromatic N) is 1. The van der Waals surface area contributed by atoms with E-state index in [-0.39, 0.29) is 11.3 Å². The highest BCUT2D eigenvalue weighted by Crippen LogP contribution is 2.44. The summed E-state index contributed by atoms with van der Waals surface area (Å²) in [7, 11) is 0. The Kier molecular flexibility index (Phi) is 5.72. The minimum atomic E-state index is -0.298. The number of aryl methyl sites for hydroxylation is 2. The molecule has 0 aliphatic heterocycles. The molecule has 1 N–H and O–H groups in total. The predicted octanol–water partition coefficient (Wildman–Crippen LogP) is 4.77. The Morgan fingerprint density at radius 3 is 2.62 bits per heavy atom. The van der Waals surface area contributed by atoms with Crippen molar-refractivity contribution in [2.45, 2.75) is 50.9 Å². The van der Waals surface area contributed by atoms with Gasteiger partial charge in [-0.2, -0.15) is 0 Å². The molecule has 0 bridgehead atoms. The van der Waals surface area contributed by atoms with Gasteiger partial charge < -0.3 is 5.32 Å². The van der Waals surface area contributed by atoms with Crippen molar-refractivity contribution in [3.8, 4) is 0 Å². The van der Waals surface area contributed by atoms with Crippen molar-refractivity contribution in [3.05, 3.63) is 50.4 Å². The molecule has 1 aliphatic rings. The van der Waals surface area contributed by atoms with Gasteiger partial charge in [-0.05, 0) is 56.7 Å². The zero-order valence-electron chi connectivity index (χ0n) is 14.0. The standard InChI is InChI=1S/C19H23BrN2OS/c1-14-13-24-17(22-14)5-2-3-12-21-18(23)19(10-4-11-19)15-6-8-16(20)9-7-15/h6-9,13H,2-5,10-12H2,1H3,(H,21,23). The molecule has 1 saturated carbocycles. The SMILES string of the molecule is Cc1csc(CCCCNC(=O)C2(c3ccc(Br)cc3)CCC2)n1. The first-order chi connectivity index (χ1) is 11.6. The molecule has 128 valence electrons. The maximum absolute atomic E-state index is 12.7. The van der Waals surface area contributed by atoms with E-state index < -0.39 is 0 Å². The molecule has 1 heterocycles. The van der Waals surface area contributed by atoms with Crippen molar-refractivity contribution >= 4 is 33.2 Å². The molecule has 2 aromatic rings. The molecule has 0 unspecified atom stereocenters. The van der Waals surface area contributed by atoms with Crippen LogP contribution in [0, 0.1) is 6.92 Å². The summed E-state index contributed by atoms with van der Waals surface area (Å²) in [5.74, 6) is 0.196. The van der Waals surface area contributed by atoms with E-state index >= 15 is 0 Å². The van der Waals surface area contributed by atoms with Gasteiger partial charge in [-0.25, -0.2) is 4.98 Å². The quantitative estimate of drug-likeness (QED) is 0.672. The number of nitrogens with one attached hydrogen (secondary N) is 1. The zero-order chi connectivity index (χ0) is 17.0. The summed E-state index contributed by atoms with van der Waals surface area (Å²) in [6.07, 6.45) is 6.12. The lowest BCUT2D eigenvalue weighted by molar-refractivity contribution is -0.129. The van der Waals surface area contributed by atoms with Gasteiger partial charge in [0.2, 0.25) is 5.91 Å². The van der Waals surface area contributed by atoms with Crippen LogP contribution in [0.1, 0.15) is 48.4 Å². The lowest BCUT2D eigenvalue weighted by atomic mass is 9.64. The van der Waals surface area contributed by atoms with Gasteiger partial charge in [-0.3, -0.25) is 4.79 Å². The third-order valence-corrected chi connectivity index (χ3v) is 6.36. The molecule has 0 atom stereocenters. The molecule has 1 fully saturated rings. The lowest BCUT2D eigenvalue weighted by Gasteiger charge is -2.40. The summed E-state index contributed by atoms with van der Waals surface area (Å²) in [5, 5.41) is 6.45. The smallest absolute Gasteiger partial charge is 0.230 e.